The monoisotopic (exact) mass is 255 g/mol. The van der Waals surface area contributed by atoms with Gasteiger partial charge in [0, 0.05) is 17.2 Å². The van der Waals surface area contributed by atoms with E-state index < -0.39 is 5.97 Å². The standard InChI is InChI=1S/C11H13NO2S2/c13-11(14)8-10-12(6-7-15-10)16-9-4-2-1-3-5-9/h1-5,10H,6-8H2,(H,13,14). The molecule has 0 amide bonds. The predicted octanol–water partition coefficient (Wildman–Crippen LogP) is 2.54. The summed E-state index contributed by atoms with van der Waals surface area (Å²) in [5.74, 6) is 0.288. The molecule has 1 heterocycles. The van der Waals surface area contributed by atoms with Crippen LogP contribution in [0.1, 0.15) is 6.42 Å². The van der Waals surface area contributed by atoms with E-state index in [1.54, 1.807) is 23.7 Å². The maximum Gasteiger partial charge on any atom is 0.305 e. The summed E-state index contributed by atoms with van der Waals surface area (Å²) in [5.41, 5.74) is 0. The highest BCUT2D eigenvalue weighted by Gasteiger charge is 2.27. The lowest BCUT2D eigenvalue weighted by molar-refractivity contribution is -0.137. The van der Waals surface area contributed by atoms with Crippen molar-refractivity contribution in [3.8, 4) is 0 Å². The van der Waals surface area contributed by atoms with E-state index in [1.165, 1.54) is 4.90 Å². The Balaban J connectivity index is 1.96. The number of hydrogen-bond donors (Lipinski definition) is 1. The summed E-state index contributed by atoms with van der Waals surface area (Å²) in [5, 5.41) is 8.91. The Bertz CT molecular complexity index is 358. The summed E-state index contributed by atoms with van der Waals surface area (Å²) in [6.45, 7) is 0.947. The van der Waals surface area contributed by atoms with E-state index >= 15 is 0 Å². The Kier molecular flexibility index (Phi) is 4.15. The highest BCUT2D eigenvalue weighted by Crippen LogP contribution is 2.35. The van der Waals surface area contributed by atoms with Gasteiger partial charge in [0.1, 0.15) is 0 Å². The molecule has 1 aliphatic heterocycles. The Labute approximate surface area is 103 Å². The van der Waals surface area contributed by atoms with Crippen molar-refractivity contribution in [2.24, 2.45) is 0 Å². The normalized spacial score (nSPS) is 21.1. The lowest BCUT2D eigenvalue weighted by Crippen LogP contribution is -2.23. The minimum absolute atomic E-state index is 0.0997. The Morgan fingerprint density at radius 1 is 1.50 bits per heavy atom. The molecule has 3 nitrogen and oxygen atoms in total. The van der Waals surface area contributed by atoms with Crippen molar-refractivity contribution in [1.29, 1.82) is 0 Å². The van der Waals surface area contributed by atoms with Crippen LogP contribution in [-0.2, 0) is 4.79 Å². The van der Waals surface area contributed by atoms with Gasteiger partial charge in [0.25, 0.3) is 0 Å². The number of carboxylic acid groups (broad SMARTS) is 1. The molecule has 0 aliphatic carbocycles. The van der Waals surface area contributed by atoms with Crippen molar-refractivity contribution < 1.29 is 9.90 Å². The third kappa shape index (κ3) is 3.17. The largest absolute Gasteiger partial charge is 0.481 e. The molecule has 2 rings (SSSR count). The summed E-state index contributed by atoms with van der Waals surface area (Å²) in [6, 6.07) is 10.1. The van der Waals surface area contributed by atoms with Gasteiger partial charge in [-0.05, 0) is 24.1 Å². The number of carbonyl (C=O) groups is 1. The molecule has 0 spiro atoms. The van der Waals surface area contributed by atoms with Crippen LogP contribution in [0.2, 0.25) is 0 Å². The second kappa shape index (κ2) is 5.61. The molecule has 1 saturated heterocycles. The molecule has 0 aromatic heterocycles. The molecule has 1 aromatic carbocycles. The molecule has 1 fully saturated rings. The topological polar surface area (TPSA) is 40.5 Å². The number of benzene rings is 1. The third-order valence-electron chi connectivity index (χ3n) is 2.26. The van der Waals surface area contributed by atoms with Gasteiger partial charge in [-0.1, -0.05) is 18.2 Å². The molecule has 1 atom stereocenters. The van der Waals surface area contributed by atoms with E-state index in [9.17, 15) is 4.79 Å². The molecule has 16 heavy (non-hydrogen) atoms. The molecular formula is C11H13NO2S2. The summed E-state index contributed by atoms with van der Waals surface area (Å²) in [6.07, 6.45) is 0.213. The van der Waals surface area contributed by atoms with Gasteiger partial charge in [-0.2, -0.15) is 0 Å². The van der Waals surface area contributed by atoms with Crippen LogP contribution in [0.4, 0.5) is 0 Å². The molecule has 5 heteroatoms. The van der Waals surface area contributed by atoms with Crippen molar-refractivity contribution in [2.75, 3.05) is 12.3 Å². The van der Waals surface area contributed by atoms with E-state index in [1.807, 2.05) is 30.3 Å². The van der Waals surface area contributed by atoms with E-state index in [0.29, 0.717) is 0 Å². The number of carboxylic acids is 1. The summed E-state index contributed by atoms with van der Waals surface area (Å²) in [4.78, 5) is 11.9. The maximum absolute atomic E-state index is 10.7. The van der Waals surface area contributed by atoms with Crippen LogP contribution >= 0.6 is 23.7 Å². The van der Waals surface area contributed by atoms with Gasteiger partial charge < -0.3 is 5.11 Å². The maximum atomic E-state index is 10.7. The molecule has 1 aromatic rings. The van der Waals surface area contributed by atoms with E-state index in [4.69, 9.17) is 5.11 Å². The van der Waals surface area contributed by atoms with E-state index in [0.717, 1.165) is 12.3 Å². The van der Waals surface area contributed by atoms with Crippen molar-refractivity contribution >= 4 is 29.7 Å². The van der Waals surface area contributed by atoms with Crippen molar-refractivity contribution in [3.05, 3.63) is 30.3 Å². The molecule has 0 saturated carbocycles. The Morgan fingerprint density at radius 3 is 2.94 bits per heavy atom. The van der Waals surface area contributed by atoms with Gasteiger partial charge in [0.15, 0.2) is 0 Å². The minimum Gasteiger partial charge on any atom is -0.481 e. The average Bonchev–Trinajstić information content (AvgIpc) is 2.66. The van der Waals surface area contributed by atoms with Crippen molar-refractivity contribution in [3.63, 3.8) is 0 Å². The molecule has 0 bridgehead atoms. The van der Waals surface area contributed by atoms with Crippen LogP contribution in [0.3, 0.4) is 0 Å². The molecule has 1 unspecified atom stereocenters. The fourth-order valence-electron chi connectivity index (χ4n) is 1.54. The van der Waals surface area contributed by atoms with Crippen LogP contribution in [-0.4, -0.2) is 33.1 Å². The van der Waals surface area contributed by atoms with Crippen LogP contribution < -0.4 is 0 Å². The fraction of sp³-hybridized carbons (Fsp3) is 0.364. The SMILES string of the molecule is O=C(O)CC1SCCN1Sc1ccccc1. The number of rotatable bonds is 4. The molecule has 1 N–H and O–H groups in total. The van der Waals surface area contributed by atoms with Gasteiger partial charge >= 0.3 is 5.97 Å². The zero-order chi connectivity index (χ0) is 11.4. The zero-order valence-electron chi connectivity index (χ0n) is 8.70. The van der Waals surface area contributed by atoms with Gasteiger partial charge in [0.05, 0.1) is 11.8 Å². The van der Waals surface area contributed by atoms with Crippen molar-refractivity contribution in [2.45, 2.75) is 16.7 Å². The van der Waals surface area contributed by atoms with Gasteiger partial charge in [-0.25, -0.2) is 4.31 Å². The highest BCUT2D eigenvalue weighted by atomic mass is 32.2. The van der Waals surface area contributed by atoms with E-state index in [2.05, 4.69) is 4.31 Å². The first-order chi connectivity index (χ1) is 7.75. The van der Waals surface area contributed by atoms with Crippen LogP contribution in [0.25, 0.3) is 0 Å². The first kappa shape index (κ1) is 11.8. The summed E-state index contributed by atoms with van der Waals surface area (Å²) < 4.78 is 2.16. The first-order valence-electron chi connectivity index (χ1n) is 5.09. The Morgan fingerprint density at radius 2 is 2.25 bits per heavy atom. The first-order valence-corrected chi connectivity index (χ1v) is 6.91. The van der Waals surface area contributed by atoms with Gasteiger partial charge in [-0.15, -0.1) is 11.8 Å². The fourth-order valence-corrected chi connectivity index (χ4v) is 3.99. The van der Waals surface area contributed by atoms with Crippen LogP contribution in [0, 0.1) is 0 Å². The number of hydrogen-bond acceptors (Lipinski definition) is 4. The second-order valence-corrected chi connectivity index (χ2v) is 5.88. The molecule has 1 aliphatic rings. The highest BCUT2D eigenvalue weighted by molar-refractivity contribution is 8.02. The molecule has 0 radical (unpaired) electrons. The summed E-state index contributed by atoms with van der Waals surface area (Å²) >= 11 is 3.37. The van der Waals surface area contributed by atoms with Crippen molar-refractivity contribution in [1.82, 2.24) is 4.31 Å². The predicted molar refractivity (Wildman–Crippen MR) is 67.5 cm³/mol. The lowest BCUT2D eigenvalue weighted by atomic mass is 10.4. The third-order valence-corrected chi connectivity index (χ3v) is 4.77. The van der Waals surface area contributed by atoms with Gasteiger partial charge in [0.2, 0.25) is 0 Å². The number of aliphatic carboxylic acids is 1. The van der Waals surface area contributed by atoms with E-state index in [-0.39, 0.29) is 11.8 Å². The average molecular weight is 255 g/mol. The zero-order valence-corrected chi connectivity index (χ0v) is 10.3. The molecule has 86 valence electrons. The quantitative estimate of drug-likeness (QED) is 0.837. The minimum atomic E-state index is -0.724. The van der Waals surface area contributed by atoms with Crippen LogP contribution in [0.5, 0.6) is 0 Å². The Hall–Kier alpha value is -0.650. The smallest absolute Gasteiger partial charge is 0.305 e. The number of nitrogens with zero attached hydrogens (tertiary/aromatic N) is 1. The lowest BCUT2D eigenvalue weighted by Gasteiger charge is -2.20. The van der Waals surface area contributed by atoms with Crippen LogP contribution in [0.15, 0.2) is 35.2 Å². The van der Waals surface area contributed by atoms with Gasteiger partial charge in [-0.3, -0.25) is 4.79 Å². The second-order valence-electron chi connectivity index (χ2n) is 3.47. The number of thioether (sulfide) groups is 1. The summed E-state index contributed by atoms with van der Waals surface area (Å²) in [7, 11) is 0. The molecular weight excluding hydrogens is 242 g/mol.